The molecule has 0 aliphatic heterocycles. The molecule has 3 aromatic rings. The van der Waals surface area contributed by atoms with Gasteiger partial charge in [0.25, 0.3) is 0 Å². The SMILES string of the molecule is Cc1ccc(-c2[nH]c3ccccc3c2CC(F)(F)F)cc1. The van der Waals surface area contributed by atoms with Gasteiger partial charge in [-0.05, 0) is 24.1 Å². The molecule has 0 unspecified atom stereocenters. The Bertz CT molecular complexity index is 767. The lowest BCUT2D eigenvalue weighted by Gasteiger charge is -2.09. The van der Waals surface area contributed by atoms with Crippen LogP contribution in [0.1, 0.15) is 11.1 Å². The third kappa shape index (κ3) is 2.79. The molecule has 108 valence electrons. The highest BCUT2D eigenvalue weighted by atomic mass is 19.4. The van der Waals surface area contributed by atoms with E-state index in [9.17, 15) is 13.2 Å². The molecule has 0 amide bonds. The van der Waals surface area contributed by atoms with E-state index in [1.165, 1.54) is 0 Å². The molecule has 3 rings (SSSR count). The summed E-state index contributed by atoms with van der Waals surface area (Å²) in [5.41, 5.74) is 3.44. The Hall–Kier alpha value is -2.23. The Morgan fingerprint density at radius 1 is 0.952 bits per heavy atom. The molecule has 1 nitrogen and oxygen atoms in total. The average molecular weight is 289 g/mol. The standard InChI is InChI=1S/C17H14F3N/c1-11-6-8-12(9-7-11)16-14(10-17(18,19)20)13-4-2-3-5-15(13)21-16/h2-9,21H,10H2,1H3. The lowest BCUT2D eigenvalue weighted by molar-refractivity contribution is -0.126. The quantitative estimate of drug-likeness (QED) is 0.663. The fourth-order valence-electron chi connectivity index (χ4n) is 2.55. The molecular weight excluding hydrogens is 275 g/mol. The van der Waals surface area contributed by atoms with Gasteiger partial charge in [0.2, 0.25) is 0 Å². The molecule has 0 bridgehead atoms. The number of alkyl halides is 3. The first-order chi connectivity index (χ1) is 9.94. The number of H-pyrrole nitrogens is 1. The van der Waals surface area contributed by atoms with Crippen LogP contribution in [0.4, 0.5) is 13.2 Å². The fourth-order valence-corrected chi connectivity index (χ4v) is 2.55. The first kappa shape index (κ1) is 13.7. The summed E-state index contributed by atoms with van der Waals surface area (Å²) in [4.78, 5) is 3.12. The van der Waals surface area contributed by atoms with E-state index in [1.54, 1.807) is 18.2 Å². The van der Waals surface area contributed by atoms with Gasteiger partial charge in [-0.3, -0.25) is 0 Å². The van der Waals surface area contributed by atoms with Crippen LogP contribution in [0.15, 0.2) is 48.5 Å². The Kier molecular flexibility index (Phi) is 3.24. The molecule has 0 aliphatic rings. The van der Waals surface area contributed by atoms with Gasteiger partial charge >= 0.3 is 6.18 Å². The Balaban J connectivity index is 2.21. The molecule has 0 aliphatic carbocycles. The number of aromatic amines is 1. The average Bonchev–Trinajstić information content (AvgIpc) is 2.77. The second-order valence-electron chi connectivity index (χ2n) is 5.18. The van der Waals surface area contributed by atoms with Gasteiger partial charge in [0, 0.05) is 10.9 Å². The fraction of sp³-hybridized carbons (Fsp3) is 0.176. The van der Waals surface area contributed by atoms with Crippen LogP contribution in [0.5, 0.6) is 0 Å². The summed E-state index contributed by atoms with van der Waals surface area (Å²) in [5, 5.41) is 0.630. The van der Waals surface area contributed by atoms with Crippen LogP contribution in [0, 0.1) is 6.92 Å². The zero-order chi connectivity index (χ0) is 15.0. The topological polar surface area (TPSA) is 15.8 Å². The summed E-state index contributed by atoms with van der Waals surface area (Å²) in [6.07, 6.45) is -5.16. The molecule has 1 aromatic heterocycles. The summed E-state index contributed by atoms with van der Waals surface area (Å²) < 4.78 is 38.7. The van der Waals surface area contributed by atoms with Crippen LogP contribution in [0.2, 0.25) is 0 Å². The van der Waals surface area contributed by atoms with E-state index in [1.807, 2.05) is 37.3 Å². The first-order valence-electron chi connectivity index (χ1n) is 6.67. The van der Waals surface area contributed by atoms with Crippen molar-refractivity contribution in [3.63, 3.8) is 0 Å². The summed E-state index contributed by atoms with van der Waals surface area (Å²) in [6.45, 7) is 1.95. The minimum atomic E-state index is -4.23. The molecular formula is C17H14F3N. The molecule has 0 radical (unpaired) electrons. The number of fused-ring (bicyclic) bond motifs is 1. The molecule has 0 fully saturated rings. The number of nitrogens with one attached hydrogen (secondary N) is 1. The minimum absolute atomic E-state index is 0.307. The largest absolute Gasteiger partial charge is 0.393 e. The minimum Gasteiger partial charge on any atom is -0.354 e. The van der Waals surface area contributed by atoms with Crippen molar-refractivity contribution in [3.8, 4) is 11.3 Å². The molecule has 1 heterocycles. The Morgan fingerprint density at radius 3 is 2.29 bits per heavy atom. The van der Waals surface area contributed by atoms with Crippen molar-refractivity contribution >= 4 is 10.9 Å². The van der Waals surface area contributed by atoms with Gasteiger partial charge in [-0.1, -0.05) is 48.0 Å². The van der Waals surface area contributed by atoms with Crippen molar-refractivity contribution in [2.45, 2.75) is 19.5 Å². The molecule has 21 heavy (non-hydrogen) atoms. The predicted molar refractivity (Wildman–Crippen MR) is 78.2 cm³/mol. The maximum absolute atomic E-state index is 12.9. The predicted octanol–water partition coefficient (Wildman–Crippen LogP) is 5.25. The van der Waals surface area contributed by atoms with Crippen molar-refractivity contribution in [3.05, 3.63) is 59.7 Å². The maximum atomic E-state index is 12.9. The third-order valence-corrected chi connectivity index (χ3v) is 3.53. The second-order valence-corrected chi connectivity index (χ2v) is 5.18. The number of rotatable bonds is 2. The van der Waals surface area contributed by atoms with Crippen molar-refractivity contribution in [2.24, 2.45) is 0 Å². The van der Waals surface area contributed by atoms with Gasteiger partial charge < -0.3 is 4.98 Å². The van der Waals surface area contributed by atoms with Crippen molar-refractivity contribution in [1.82, 2.24) is 4.98 Å². The smallest absolute Gasteiger partial charge is 0.354 e. The normalized spacial score (nSPS) is 12.0. The molecule has 0 saturated heterocycles. The van der Waals surface area contributed by atoms with E-state index in [-0.39, 0.29) is 0 Å². The number of aromatic nitrogens is 1. The van der Waals surface area contributed by atoms with Crippen molar-refractivity contribution in [2.75, 3.05) is 0 Å². The molecule has 0 atom stereocenters. The number of hydrogen-bond donors (Lipinski definition) is 1. The molecule has 2 aromatic carbocycles. The number of benzene rings is 2. The monoisotopic (exact) mass is 289 g/mol. The zero-order valence-electron chi connectivity index (χ0n) is 11.5. The number of aryl methyl sites for hydroxylation is 1. The lowest BCUT2D eigenvalue weighted by atomic mass is 10.0. The first-order valence-corrected chi connectivity index (χ1v) is 6.67. The number of hydrogen-bond acceptors (Lipinski definition) is 0. The Morgan fingerprint density at radius 2 is 1.62 bits per heavy atom. The van der Waals surface area contributed by atoms with Gasteiger partial charge in [0.1, 0.15) is 0 Å². The van der Waals surface area contributed by atoms with Crippen LogP contribution < -0.4 is 0 Å². The highest BCUT2D eigenvalue weighted by Gasteiger charge is 2.31. The van der Waals surface area contributed by atoms with Gasteiger partial charge in [-0.2, -0.15) is 13.2 Å². The van der Waals surface area contributed by atoms with Crippen molar-refractivity contribution < 1.29 is 13.2 Å². The number of para-hydroxylation sites is 1. The van der Waals surface area contributed by atoms with Gasteiger partial charge in [0.05, 0.1) is 12.1 Å². The van der Waals surface area contributed by atoms with Crippen LogP contribution in [-0.2, 0) is 6.42 Å². The molecule has 4 heteroatoms. The highest BCUT2D eigenvalue weighted by Crippen LogP contribution is 2.34. The van der Waals surface area contributed by atoms with E-state index in [2.05, 4.69) is 4.98 Å². The van der Waals surface area contributed by atoms with Gasteiger partial charge in [-0.15, -0.1) is 0 Å². The van der Waals surface area contributed by atoms with Crippen LogP contribution in [0.25, 0.3) is 22.2 Å². The molecule has 1 N–H and O–H groups in total. The molecule has 0 saturated carbocycles. The third-order valence-electron chi connectivity index (χ3n) is 3.53. The van der Waals surface area contributed by atoms with Crippen LogP contribution in [-0.4, -0.2) is 11.2 Å². The van der Waals surface area contributed by atoms with Crippen LogP contribution in [0.3, 0.4) is 0 Å². The van der Waals surface area contributed by atoms with E-state index in [4.69, 9.17) is 0 Å². The maximum Gasteiger partial charge on any atom is 0.393 e. The van der Waals surface area contributed by atoms with E-state index in [0.29, 0.717) is 16.6 Å². The highest BCUT2D eigenvalue weighted by molar-refractivity contribution is 5.90. The van der Waals surface area contributed by atoms with Crippen molar-refractivity contribution in [1.29, 1.82) is 0 Å². The lowest BCUT2D eigenvalue weighted by Crippen LogP contribution is -2.11. The van der Waals surface area contributed by atoms with E-state index in [0.717, 1.165) is 16.6 Å². The zero-order valence-corrected chi connectivity index (χ0v) is 11.5. The van der Waals surface area contributed by atoms with Crippen LogP contribution >= 0.6 is 0 Å². The summed E-state index contributed by atoms with van der Waals surface area (Å²) in [6, 6.07) is 14.6. The number of halogens is 3. The van der Waals surface area contributed by atoms with Gasteiger partial charge in [0.15, 0.2) is 0 Å². The summed E-state index contributed by atoms with van der Waals surface area (Å²) >= 11 is 0. The van der Waals surface area contributed by atoms with E-state index >= 15 is 0 Å². The summed E-state index contributed by atoms with van der Waals surface area (Å²) in [5.74, 6) is 0. The summed E-state index contributed by atoms with van der Waals surface area (Å²) in [7, 11) is 0. The second kappa shape index (κ2) is 4.95. The molecule has 0 spiro atoms. The van der Waals surface area contributed by atoms with Gasteiger partial charge in [-0.25, -0.2) is 0 Å². The Labute approximate surface area is 120 Å². The van der Waals surface area contributed by atoms with E-state index < -0.39 is 12.6 Å².